The Morgan fingerprint density at radius 1 is 0.580 bits per heavy atom. The lowest BCUT2D eigenvalue weighted by molar-refractivity contribution is 0.242. The quantitative estimate of drug-likeness (QED) is 0.0714. The molecule has 0 unspecified atom stereocenters. The number of pyridine rings is 2. The van der Waals surface area contributed by atoms with Crippen molar-refractivity contribution in [1.29, 1.82) is 0 Å². The van der Waals surface area contributed by atoms with E-state index in [1.807, 2.05) is 62.5 Å². The number of anilines is 9. The van der Waals surface area contributed by atoms with E-state index in [4.69, 9.17) is 4.74 Å². The molecule has 50 heavy (non-hydrogen) atoms. The van der Waals surface area contributed by atoms with Crippen molar-refractivity contribution in [2.75, 3.05) is 26.6 Å². The summed E-state index contributed by atoms with van der Waals surface area (Å²) in [6, 6.07) is 21.8. The van der Waals surface area contributed by atoms with Gasteiger partial charge in [0.2, 0.25) is 11.9 Å². The van der Waals surface area contributed by atoms with Crippen molar-refractivity contribution in [3.05, 3.63) is 121 Å². The van der Waals surface area contributed by atoms with Gasteiger partial charge in [-0.1, -0.05) is 26.0 Å². The summed E-state index contributed by atoms with van der Waals surface area (Å²) < 4.78 is 5.71. The van der Waals surface area contributed by atoms with E-state index in [-0.39, 0.29) is 6.10 Å². The maximum Gasteiger partial charge on any atom is 0.227 e. The molecule has 12 heteroatoms. The van der Waals surface area contributed by atoms with Crippen molar-refractivity contribution >= 4 is 51.8 Å². The average Bonchev–Trinajstić information content (AvgIpc) is 3.11. The van der Waals surface area contributed by atoms with Gasteiger partial charge in [0.15, 0.2) is 0 Å². The zero-order valence-electron chi connectivity index (χ0n) is 28.6. The summed E-state index contributed by atoms with van der Waals surface area (Å²) in [6.45, 7) is 8.93. The van der Waals surface area contributed by atoms with Crippen LogP contribution in [0.15, 0.2) is 110 Å². The van der Waals surface area contributed by atoms with Gasteiger partial charge in [-0.15, -0.1) is 0 Å². The Morgan fingerprint density at radius 2 is 1.20 bits per heavy atom. The highest BCUT2D eigenvalue weighted by atomic mass is 16.5. The van der Waals surface area contributed by atoms with Crippen molar-refractivity contribution in [2.24, 2.45) is 5.92 Å². The first-order valence-corrected chi connectivity index (χ1v) is 16.6. The van der Waals surface area contributed by atoms with Crippen LogP contribution in [0.5, 0.6) is 5.75 Å². The molecule has 0 saturated carbocycles. The number of nitrogens with one attached hydrogen (secondary N) is 5. The minimum absolute atomic E-state index is 0.122. The number of hydrogen-bond donors (Lipinski definition) is 5. The largest absolute Gasteiger partial charge is 0.491 e. The van der Waals surface area contributed by atoms with E-state index >= 15 is 0 Å². The summed E-state index contributed by atoms with van der Waals surface area (Å²) in [5.74, 6) is 3.16. The van der Waals surface area contributed by atoms with Gasteiger partial charge in [-0.2, -0.15) is 0 Å². The van der Waals surface area contributed by atoms with Crippen LogP contribution in [-0.4, -0.2) is 36.0 Å². The van der Waals surface area contributed by atoms with Crippen LogP contribution in [0.2, 0.25) is 0 Å². The van der Waals surface area contributed by atoms with Gasteiger partial charge < -0.3 is 31.3 Å². The van der Waals surface area contributed by atoms with Crippen LogP contribution in [0, 0.1) is 5.92 Å². The summed E-state index contributed by atoms with van der Waals surface area (Å²) in [5, 5.41) is 16.6. The lowest BCUT2D eigenvalue weighted by Gasteiger charge is -2.14. The molecule has 2 aromatic carbocycles. The first kappa shape index (κ1) is 33.6. The summed E-state index contributed by atoms with van der Waals surface area (Å²) in [6.07, 6.45) is 13.4. The maximum absolute atomic E-state index is 5.71. The predicted molar refractivity (Wildman–Crippen MR) is 200 cm³/mol. The zero-order chi connectivity index (χ0) is 34.7. The normalized spacial score (nSPS) is 10.9. The Hall–Kier alpha value is -6.30. The number of nitrogens with zero attached hydrogens (tertiary/aromatic N) is 6. The summed E-state index contributed by atoms with van der Waals surface area (Å²) >= 11 is 0. The molecular formula is C38H41N11O. The molecule has 6 aromatic rings. The van der Waals surface area contributed by atoms with E-state index in [2.05, 4.69) is 94.6 Å². The average molecular weight is 668 g/mol. The number of aromatic nitrogens is 6. The van der Waals surface area contributed by atoms with Crippen LogP contribution in [-0.2, 0) is 13.0 Å². The molecule has 5 N–H and O–H groups in total. The number of rotatable bonds is 15. The molecule has 0 saturated heterocycles. The molecule has 0 spiro atoms. The van der Waals surface area contributed by atoms with E-state index < -0.39 is 0 Å². The van der Waals surface area contributed by atoms with Gasteiger partial charge in [0.05, 0.1) is 42.3 Å². The van der Waals surface area contributed by atoms with Crippen LogP contribution >= 0.6 is 0 Å². The Balaban J connectivity index is 1.01. The van der Waals surface area contributed by atoms with Gasteiger partial charge in [-0.05, 0) is 80.3 Å². The third kappa shape index (κ3) is 9.86. The van der Waals surface area contributed by atoms with Crippen molar-refractivity contribution in [3.8, 4) is 5.75 Å². The first-order valence-electron chi connectivity index (χ1n) is 16.6. The molecule has 0 fully saturated rings. The van der Waals surface area contributed by atoms with Crippen LogP contribution < -0.4 is 31.3 Å². The van der Waals surface area contributed by atoms with E-state index in [1.165, 1.54) is 5.56 Å². The summed E-state index contributed by atoms with van der Waals surface area (Å²) in [5.41, 5.74) is 7.32. The number of ether oxygens (including phenoxy) is 1. The van der Waals surface area contributed by atoms with Crippen LogP contribution in [0.25, 0.3) is 0 Å². The summed E-state index contributed by atoms with van der Waals surface area (Å²) in [7, 11) is 0. The van der Waals surface area contributed by atoms with Crippen molar-refractivity contribution in [2.45, 2.75) is 46.8 Å². The molecule has 0 aliphatic heterocycles. The van der Waals surface area contributed by atoms with E-state index in [9.17, 15) is 0 Å². The maximum atomic E-state index is 5.71. The minimum Gasteiger partial charge on any atom is -0.491 e. The Kier molecular flexibility index (Phi) is 10.9. The van der Waals surface area contributed by atoms with Crippen molar-refractivity contribution in [3.63, 3.8) is 0 Å². The van der Waals surface area contributed by atoms with E-state index in [1.54, 1.807) is 37.2 Å². The SMILES string of the molecule is CC(C)Cc1ccc(Nc2ncc(Nc3ccnc(NCc4cnccc4Nc4cnc(Nc5ccc(OC(C)C)cc5)nc4)c3)cn2)cc1. The Labute approximate surface area is 292 Å². The smallest absolute Gasteiger partial charge is 0.227 e. The molecule has 4 heterocycles. The topological polar surface area (TPSA) is 147 Å². The third-order valence-corrected chi connectivity index (χ3v) is 7.33. The van der Waals surface area contributed by atoms with Gasteiger partial charge in [-0.25, -0.2) is 24.9 Å². The first-order chi connectivity index (χ1) is 24.3. The van der Waals surface area contributed by atoms with E-state index in [0.29, 0.717) is 30.2 Å². The third-order valence-electron chi connectivity index (χ3n) is 7.33. The molecule has 0 amide bonds. The highest BCUT2D eigenvalue weighted by Crippen LogP contribution is 2.24. The fraction of sp³-hybridized carbons (Fsp3) is 0.211. The molecule has 0 radical (unpaired) electrons. The molecule has 0 aliphatic carbocycles. The molecular weight excluding hydrogens is 626 g/mol. The second-order valence-electron chi connectivity index (χ2n) is 12.4. The highest BCUT2D eigenvalue weighted by molar-refractivity contribution is 5.65. The molecule has 0 bridgehead atoms. The van der Waals surface area contributed by atoms with Gasteiger partial charge in [0, 0.05) is 59.5 Å². The lowest BCUT2D eigenvalue weighted by atomic mass is 10.0. The van der Waals surface area contributed by atoms with E-state index in [0.717, 1.165) is 51.9 Å². The second kappa shape index (κ2) is 16.2. The molecule has 6 rings (SSSR count). The Bertz CT molecular complexity index is 1950. The van der Waals surface area contributed by atoms with Crippen LogP contribution in [0.4, 0.5) is 51.8 Å². The standard InChI is InChI=1S/C38H41N11O/c1-25(2)17-27-5-7-29(8-6-27)48-37-42-21-32(22-43-37)46-31-13-16-40-36(18-31)41-20-28-19-39-15-14-35(28)47-33-23-44-38(45-24-33)49-30-9-11-34(12-10-30)50-26(3)4/h5-16,18-19,21-26H,17,20H2,1-4H3,(H,39,47)(H2,40,41,46)(H,42,43,48)(H,44,45,49). The predicted octanol–water partition coefficient (Wildman–Crippen LogP) is 8.63. The van der Waals surface area contributed by atoms with Crippen LogP contribution in [0.3, 0.4) is 0 Å². The van der Waals surface area contributed by atoms with Gasteiger partial charge in [0.25, 0.3) is 0 Å². The van der Waals surface area contributed by atoms with Crippen LogP contribution in [0.1, 0.15) is 38.8 Å². The molecule has 4 aromatic heterocycles. The number of hydrogen-bond acceptors (Lipinski definition) is 12. The molecule has 12 nitrogen and oxygen atoms in total. The minimum atomic E-state index is 0.122. The Morgan fingerprint density at radius 3 is 1.82 bits per heavy atom. The fourth-order valence-corrected chi connectivity index (χ4v) is 5.06. The number of benzene rings is 2. The highest BCUT2D eigenvalue weighted by Gasteiger charge is 2.08. The monoisotopic (exact) mass is 667 g/mol. The van der Waals surface area contributed by atoms with Crippen molar-refractivity contribution < 1.29 is 4.74 Å². The summed E-state index contributed by atoms with van der Waals surface area (Å²) in [4.78, 5) is 26.7. The molecule has 0 aliphatic rings. The van der Waals surface area contributed by atoms with Gasteiger partial charge >= 0.3 is 0 Å². The lowest BCUT2D eigenvalue weighted by Crippen LogP contribution is -2.06. The second-order valence-corrected chi connectivity index (χ2v) is 12.4. The van der Waals surface area contributed by atoms with Crippen molar-refractivity contribution in [1.82, 2.24) is 29.9 Å². The van der Waals surface area contributed by atoms with Gasteiger partial charge in [-0.3, -0.25) is 4.98 Å². The zero-order valence-corrected chi connectivity index (χ0v) is 28.6. The molecule has 0 atom stereocenters. The molecule has 254 valence electrons. The van der Waals surface area contributed by atoms with Gasteiger partial charge in [0.1, 0.15) is 11.6 Å². The fourth-order valence-electron chi connectivity index (χ4n) is 5.06.